The second kappa shape index (κ2) is 7.82. The molecular weight excluding hydrogens is 297 g/mol. The molecule has 0 saturated heterocycles. The average Bonchev–Trinajstić information content (AvgIpc) is 2.44. The summed E-state index contributed by atoms with van der Waals surface area (Å²) in [6.07, 6.45) is -4.43. The van der Waals surface area contributed by atoms with E-state index in [2.05, 4.69) is 10.3 Å². The number of benzene rings is 1. The number of aliphatic imine (C=N–C) groups is 1. The summed E-state index contributed by atoms with van der Waals surface area (Å²) in [5.74, 6) is -0.275. The first-order valence-electron chi connectivity index (χ1n) is 6.90. The van der Waals surface area contributed by atoms with Gasteiger partial charge in [-0.15, -0.1) is 0 Å². The number of hydrogen-bond donors (Lipinski definition) is 1. The van der Waals surface area contributed by atoms with Crippen molar-refractivity contribution in [3.8, 4) is 0 Å². The molecule has 0 atom stereocenters. The Kier molecular flexibility index (Phi) is 6.39. The van der Waals surface area contributed by atoms with E-state index in [9.17, 15) is 18.0 Å². The Morgan fingerprint density at radius 1 is 1.27 bits per heavy atom. The number of carbonyl (C=O) groups excluding carboxylic acids is 1. The van der Waals surface area contributed by atoms with Crippen molar-refractivity contribution in [1.82, 2.24) is 5.32 Å². The molecule has 1 amide bonds. The minimum atomic E-state index is -4.43. The molecule has 1 aromatic rings. The van der Waals surface area contributed by atoms with Crippen LogP contribution in [0.5, 0.6) is 0 Å². The molecule has 1 aromatic carbocycles. The number of halogens is 3. The topological polar surface area (TPSA) is 50.7 Å². The fourth-order valence-corrected chi connectivity index (χ4v) is 1.50. The molecule has 0 saturated carbocycles. The van der Waals surface area contributed by atoms with Gasteiger partial charge in [-0.25, -0.2) is 4.99 Å². The molecule has 1 N–H and O–H groups in total. The number of rotatable bonds is 4. The smallest absolute Gasteiger partial charge is 0.416 e. The molecule has 122 valence electrons. The number of alkyl halides is 3. The highest BCUT2D eigenvalue weighted by Crippen LogP contribution is 2.29. The quantitative estimate of drug-likeness (QED) is 0.683. The molecule has 0 unspecified atom stereocenters. The minimum Gasteiger partial charge on any atom is -0.465 e. The Balaban J connectivity index is 2.79. The van der Waals surface area contributed by atoms with Gasteiger partial charge in [-0.1, -0.05) is 13.8 Å². The highest BCUT2D eigenvalue weighted by molar-refractivity contribution is 6.04. The van der Waals surface area contributed by atoms with Crippen molar-refractivity contribution in [1.29, 1.82) is 0 Å². The molecule has 0 radical (unpaired) electrons. The van der Waals surface area contributed by atoms with Crippen molar-refractivity contribution >= 4 is 11.9 Å². The molecule has 0 aliphatic carbocycles. The molecule has 1 rings (SSSR count). The zero-order valence-corrected chi connectivity index (χ0v) is 12.7. The van der Waals surface area contributed by atoms with Crippen LogP contribution in [-0.4, -0.2) is 25.1 Å². The van der Waals surface area contributed by atoms with Gasteiger partial charge in [-0.2, -0.15) is 13.2 Å². The Labute approximate surface area is 127 Å². The Morgan fingerprint density at radius 3 is 2.32 bits per heavy atom. The fraction of sp³-hybridized carbons (Fsp3) is 0.467. The Morgan fingerprint density at radius 2 is 1.86 bits per heavy atom. The first kappa shape index (κ1) is 18.0. The summed E-state index contributed by atoms with van der Waals surface area (Å²) in [5, 5.41) is 2.46. The lowest BCUT2D eigenvalue weighted by Crippen LogP contribution is -2.33. The van der Waals surface area contributed by atoms with Gasteiger partial charge in [0.25, 0.3) is 11.9 Å². The predicted molar refractivity (Wildman–Crippen MR) is 77.7 cm³/mol. The minimum absolute atomic E-state index is 0.0705. The maximum Gasteiger partial charge on any atom is 0.416 e. The molecule has 4 nitrogen and oxygen atoms in total. The molecule has 0 aromatic heterocycles. The molecule has 7 heteroatoms. The van der Waals surface area contributed by atoms with E-state index < -0.39 is 17.6 Å². The Bertz CT molecular complexity index is 523. The van der Waals surface area contributed by atoms with Crippen LogP contribution in [0.25, 0.3) is 0 Å². The second-order valence-corrected chi connectivity index (χ2v) is 5.00. The van der Waals surface area contributed by atoms with E-state index in [1.54, 1.807) is 6.92 Å². The van der Waals surface area contributed by atoms with Crippen LogP contribution >= 0.6 is 0 Å². The molecule has 0 spiro atoms. The average molecular weight is 316 g/mol. The van der Waals surface area contributed by atoms with Gasteiger partial charge in [0.05, 0.1) is 12.2 Å². The molecule has 0 fully saturated rings. The van der Waals surface area contributed by atoms with E-state index in [0.29, 0.717) is 19.1 Å². The number of nitrogens with one attached hydrogen (secondary N) is 1. The van der Waals surface area contributed by atoms with Crippen LogP contribution in [0, 0.1) is 5.92 Å². The van der Waals surface area contributed by atoms with Gasteiger partial charge in [-0.3, -0.25) is 10.1 Å². The van der Waals surface area contributed by atoms with E-state index in [4.69, 9.17) is 4.74 Å². The summed E-state index contributed by atoms with van der Waals surface area (Å²) >= 11 is 0. The zero-order chi connectivity index (χ0) is 16.8. The summed E-state index contributed by atoms with van der Waals surface area (Å²) in [4.78, 5) is 16.1. The summed E-state index contributed by atoms with van der Waals surface area (Å²) in [6.45, 7) is 6.47. The number of carbonyl (C=O) groups is 1. The molecule has 0 heterocycles. The first-order valence-corrected chi connectivity index (χ1v) is 6.90. The summed E-state index contributed by atoms with van der Waals surface area (Å²) in [6, 6.07) is 4.02. The van der Waals surface area contributed by atoms with Crippen molar-refractivity contribution in [2.24, 2.45) is 10.9 Å². The lowest BCUT2D eigenvalue weighted by Gasteiger charge is -2.11. The van der Waals surface area contributed by atoms with E-state index >= 15 is 0 Å². The first-order chi connectivity index (χ1) is 10.2. The van der Waals surface area contributed by atoms with Crippen molar-refractivity contribution < 1.29 is 22.7 Å². The molecular formula is C15H19F3N2O2. The van der Waals surface area contributed by atoms with Crippen LogP contribution in [-0.2, 0) is 10.9 Å². The van der Waals surface area contributed by atoms with Gasteiger partial charge >= 0.3 is 6.18 Å². The summed E-state index contributed by atoms with van der Waals surface area (Å²) in [5.41, 5.74) is -0.701. The molecule has 0 bridgehead atoms. The monoisotopic (exact) mass is 316 g/mol. The lowest BCUT2D eigenvalue weighted by molar-refractivity contribution is -0.137. The number of ether oxygens (including phenoxy) is 1. The summed E-state index contributed by atoms with van der Waals surface area (Å²) < 4.78 is 42.6. The third-order valence-electron chi connectivity index (χ3n) is 2.58. The van der Waals surface area contributed by atoms with Crippen molar-refractivity contribution in [2.75, 3.05) is 13.2 Å². The number of amidine groups is 1. The van der Waals surface area contributed by atoms with Crippen LogP contribution in [0.4, 0.5) is 13.2 Å². The van der Waals surface area contributed by atoms with Crippen molar-refractivity contribution in [3.63, 3.8) is 0 Å². The maximum absolute atomic E-state index is 12.5. The van der Waals surface area contributed by atoms with E-state index in [1.165, 1.54) is 0 Å². The molecule has 22 heavy (non-hydrogen) atoms. The number of amides is 1. The van der Waals surface area contributed by atoms with Crippen LogP contribution in [0.15, 0.2) is 29.3 Å². The number of nitrogens with zero attached hydrogens (tertiary/aromatic N) is 1. The van der Waals surface area contributed by atoms with E-state index in [-0.39, 0.29) is 11.6 Å². The van der Waals surface area contributed by atoms with Crippen molar-refractivity contribution in [2.45, 2.75) is 26.9 Å². The molecule has 0 aliphatic heterocycles. The highest BCUT2D eigenvalue weighted by Gasteiger charge is 2.30. The normalized spacial score (nSPS) is 12.4. The van der Waals surface area contributed by atoms with Gasteiger partial charge in [0.1, 0.15) is 0 Å². The van der Waals surface area contributed by atoms with Gasteiger partial charge in [0, 0.05) is 12.1 Å². The van der Waals surface area contributed by atoms with Crippen LogP contribution < -0.4 is 5.32 Å². The third-order valence-corrected chi connectivity index (χ3v) is 2.58. The lowest BCUT2D eigenvalue weighted by atomic mass is 10.1. The SMILES string of the molecule is CCOC(=NCC(C)C)NC(=O)c1ccc(C(F)(F)F)cc1. The van der Waals surface area contributed by atoms with Gasteiger partial charge in [0.15, 0.2) is 0 Å². The van der Waals surface area contributed by atoms with Crippen LogP contribution in [0.1, 0.15) is 36.7 Å². The third kappa shape index (κ3) is 5.75. The van der Waals surface area contributed by atoms with Crippen molar-refractivity contribution in [3.05, 3.63) is 35.4 Å². The van der Waals surface area contributed by atoms with Gasteiger partial charge in [0.2, 0.25) is 0 Å². The molecule has 0 aliphatic rings. The van der Waals surface area contributed by atoms with E-state index in [1.807, 2.05) is 13.8 Å². The van der Waals surface area contributed by atoms with Gasteiger partial charge in [-0.05, 0) is 37.1 Å². The van der Waals surface area contributed by atoms with Gasteiger partial charge < -0.3 is 4.74 Å². The van der Waals surface area contributed by atoms with E-state index in [0.717, 1.165) is 24.3 Å². The highest BCUT2D eigenvalue weighted by atomic mass is 19.4. The predicted octanol–water partition coefficient (Wildman–Crippen LogP) is 3.48. The maximum atomic E-state index is 12.5. The summed E-state index contributed by atoms with van der Waals surface area (Å²) in [7, 11) is 0. The fourth-order valence-electron chi connectivity index (χ4n) is 1.50. The Hall–Kier alpha value is -2.05. The standard InChI is InChI=1S/C15H19F3N2O2/c1-4-22-14(19-9-10(2)3)20-13(21)11-5-7-12(8-6-11)15(16,17)18/h5-8,10H,4,9H2,1-3H3,(H,19,20,21). The zero-order valence-electron chi connectivity index (χ0n) is 12.7. The van der Waals surface area contributed by atoms with Crippen LogP contribution in [0.3, 0.4) is 0 Å². The largest absolute Gasteiger partial charge is 0.465 e. The second-order valence-electron chi connectivity index (χ2n) is 5.00. The number of hydrogen-bond acceptors (Lipinski definition) is 3. The van der Waals surface area contributed by atoms with Crippen LogP contribution in [0.2, 0.25) is 0 Å².